The zero-order valence-corrected chi connectivity index (χ0v) is 8.58. The molecule has 1 N–H and O–H groups in total. The van der Waals surface area contributed by atoms with Crippen molar-refractivity contribution < 1.29 is 19.5 Å². The molecule has 2 heterocycles. The highest BCUT2D eigenvalue weighted by atomic mass is 16.4. The highest BCUT2D eigenvalue weighted by Crippen LogP contribution is 2.33. The van der Waals surface area contributed by atoms with Crippen LogP contribution >= 0.6 is 0 Å². The van der Waals surface area contributed by atoms with E-state index in [-0.39, 0.29) is 17.3 Å². The largest absolute Gasteiger partial charge is 0.475 e. The lowest BCUT2D eigenvalue weighted by molar-refractivity contribution is 0.0640. The first-order chi connectivity index (χ1) is 8.09. The fourth-order valence-electron chi connectivity index (χ4n) is 1.80. The number of nitrogens with zero attached hydrogens (tertiary/aromatic N) is 3. The number of aromatic nitrogens is 2. The normalized spacial score (nSPS) is 18.5. The van der Waals surface area contributed by atoms with Gasteiger partial charge in [0.1, 0.15) is 5.69 Å². The zero-order chi connectivity index (χ0) is 12.2. The quantitative estimate of drug-likeness (QED) is 0.718. The summed E-state index contributed by atoms with van der Waals surface area (Å²) in [5, 5.41) is 8.72. The van der Waals surface area contributed by atoms with E-state index in [9.17, 15) is 14.4 Å². The van der Waals surface area contributed by atoms with E-state index in [1.54, 1.807) is 0 Å². The summed E-state index contributed by atoms with van der Waals surface area (Å²) in [6.07, 6.45) is 2.70. The molecule has 0 bridgehead atoms. The van der Waals surface area contributed by atoms with Gasteiger partial charge in [-0.05, 0) is 12.8 Å². The first-order valence-corrected chi connectivity index (χ1v) is 5.08. The summed E-state index contributed by atoms with van der Waals surface area (Å²) in [7, 11) is 0. The molecule has 1 aliphatic carbocycles. The van der Waals surface area contributed by atoms with Crippen LogP contribution in [0, 0.1) is 0 Å². The number of carboxylic acids is 1. The topological polar surface area (TPSA) is 100 Å². The standard InChI is InChI=1S/C10H7N3O4/c14-8-5-3-11-7(10(16)17)12-6(5)9(15)13(8)4-1-2-4/h3-4H,1-2H2,(H,16,17). The van der Waals surface area contributed by atoms with Crippen LogP contribution in [0.15, 0.2) is 6.20 Å². The van der Waals surface area contributed by atoms with Crippen LogP contribution in [0.2, 0.25) is 0 Å². The van der Waals surface area contributed by atoms with Crippen LogP contribution in [-0.4, -0.2) is 43.8 Å². The number of imide groups is 1. The minimum Gasteiger partial charge on any atom is -0.475 e. The lowest BCUT2D eigenvalue weighted by Crippen LogP contribution is -2.31. The van der Waals surface area contributed by atoms with Crippen molar-refractivity contribution in [1.82, 2.24) is 14.9 Å². The van der Waals surface area contributed by atoms with Crippen molar-refractivity contribution in [3.63, 3.8) is 0 Å². The molecule has 2 aliphatic rings. The van der Waals surface area contributed by atoms with Crippen LogP contribution < -0.4 is 0 Å². The summed E-state index contributed by atoms with van der Waals surface area (Å²) in [4.78, 5) is 42.7. The lowest BCUT2D eigenvalue weighted by atomic mass is 10.2. The van der Waals surface area contributed by atoms with Crippen LogP contribution in [-0.2, 0) is 0 Å². The molecule has 86 valence electrons. The summed E-state index contributed by atoms with van der Waals surface area (Å²) in [5.41, 5.74) is -0.0128. The second kappa shape index (κ2) is 3.09. The molecule has 1 fully saturated rings. The second-order valence-corrected chi connectivity index (χ2v) is 3.97. The van der Waals surface area contributed by atoms with Crippen LogP contribution in [0.1, 0.15) is 44.3 Å². The Morgan fingerprint density at radius 2 is 2.06 bits per heavy atom. The van der Waals surface area contributed by atoms with Crippen molar-refractivity contribution in [2.45, 2.75) is 18.9 Å². The first-order valence-electron chi connectivity index (χ1n) is 5.08. The van der Waals surface area contributed by atoms with E-state index in [1.807, 2.05) is 0 Å². The van der Waals surface area contributed by atoms with Crippen LogP contribution in [0.4, 0.5) is 0 Å². The molecule has 0 spiro atoms. The Morgan fingerprint density at radius 3 is 2.65 bits per heavy atom. The van der Waals surface area contributed by atoms with E-state index >= 15 is 0 Å². The minimum atomic E-state index is -1.32. The van der Waals surface area contributed by atoms with Crippen molar-refractivity contribution in [3.05, 3.63) is 23.3 Å². The molecular weight excluding hydrogens is 226 g/mol. The number of hydrogen-bond donors (Lipinski definition) is 1. The summed E-state index contributed by atoms with van der Waals surface area (Å²) >= 11 is 0. The van der Waals surface area contributed by atoms with Gasteiger partial charge in [0.25, 0.3) is 11.8 Å². The molecule has 0 radical (unpaired) electrons. The highest BCUT2D eigenvalue weighted by molar-refractivity contribution is 6.20. The average Bonchev–Trinajstić information content (AvgIpc) is 3.09. The van der Waals surface area contributed by atoms with Gasteiger partial charge in [-0.25, -0.2) is 14.8 Å². The fourth-order valence-corrected chi connectivity index (χ4v) is 1.80. The average molecular weight is 233 g/mol. The molecule has 1 saturated carbocycles. The van der Waals surface area contributed by atoms with Crippen LogP contribution in [0.5, 0.6) is 0 Å². The van der Waals surface area contributed by atoms with Crippen LogP contribution in [0.25, 0.3) is 0 Å². The number of amides is 2. The Labute approximate surface area is 95.1 Å². The number of carbonyl (C=O) groups is 3. The summed E-state index contributed by atoms with van der Waals surface area (Å²) in [6.45, 7) is 0. The summed E-state index contributed by atoms with van der Waals surface area (Å²) < 4.78 is 0. The number of rotatable bonds is 2. The molecule has 1 aromatic rings. The number of carboxylic acid groups (broad SMARTS) is 1. The first kappa shape index (κ1) is 9.88. The smallest absolute Gasteiger partial charge is 0.373 e. The molecule has 1 aliphatic heterocycles. The molecule has 1 aromatic heterocycles. The molecule has 0 unspecified atom stereocenters. The molecule has 2 amide bonds. The summed E-state index contributed by atoms with van der Waals surface area (Å²) in [5.74, 6) is -2.73. The number of fused-ring (bicyclic) bond motifs is 1. The van der Waals surface area contributed by atoms with E-state index in [1.165, 1.54) is 0 Å². The van der Waals surface area contributed by atoms with Gasteiger partial charge in [-0.2, -0.15) is 0 Å². The Balaban J connectivity index is 2.09. The maximum absolute atomic E-state index is 11.9. The van der Waals surface area contributed by atoms with Gasteiger partial charge in [-0.1, -0.05) is 0 Å². The highest BCUT2D eigenvalue weighted by Gasteiger charge is 2.45. The van der Waals surface area contributed by atoms with E-state index in [2.05, 4.69) is 9.97 Å². The second-order valence-electron chi connectivity index (χ2n) is 3.97. The number of hydrogen-bond acceptors (Lipinski definition) is 5. The molecule has 0 saturated heterocycles. The van der Waals surface area contributed by atoms with E-state index in [4.69, 9.17) is 5.11 Å². The third kappa shape index (κ3) is 1.32. The van der Waals surface area contributed by atoms with Gasteiger partial charge >= 0.3 is 5.97 Å². The van der Waals surface area contributed by atoms with Gasteiger partial charge in [-0.3, -0.25) is 14.5 Å². The maximum atomic E-state index is 11.9. The molecule has 3 rings (SSSR count). The SMILES string of the molecule is O=C(O)c1ncc2c(n1)C(=O)N(C1CC1)C2=O. The van der Waals surface area contributed by atoms with E-state index in [0.717, 1.165) is 23.9 Å². The van der Waals surface area contributed by atoms with Crippen LogP contribution in [0.3, 0.4) is 0 Å². The van der Waals surface area contributed by atoms with Crippen molar-refractivity contribution >= 4 is 17.8 Å². The van der Waals surface area contributed by atoms with Gasteiger partial charge in [-0.15, -0.1) is 0 Å². The number of carbonyl (C=O) groups excluding carboxylic acids is 2. The lowest BCUT2D eigenvalue weighted by Gasteiger charge is -2.10. The van der Waals surface area contributed by atoms with E-state index in [0.29, 0.717) is 0 Å². The number of aromatic carboxylic acids is 1. The van der Waals surface area contributed by atoms with Gasteiger partial charge in [0.2, 0.25) is 5.82 Å². The van der Waals surface area contributed by atoms with Crippen molar-refractivity contribution in [2.75, 3.05) is 0 Å². The van der Waals surface area contributed by atoms with Gasteiger partial charge in [0.05, 0.1) is 5.56 Å². The molecule has 17 heavy (non-hydrogen) atoms. The molecule has 7 heteroatoms. The molecule has 7 nitrogen and oxygen atoms in total. The van der Waals surface area contributed by atoms with Gasteiger partial charge < -0.3 is 5.11 Å². The predicted molar refractivity (Wildman–Crippen MR) is 52.5 cm³/mol. The maximum Gasteiger partial charge on any atom is 0.373 e. The monoisotopic (exact) mass is 233 g/mol. The summed E-state index contributed by atoms with van der Waals surface area (Å²) in [6, 6.07) is -0.0579. The van der Waals surface area contributed by atoms with E-state index < -0.39 is 23.6 Å². The molecule has 0 aromatic carbocycles. The van der Waals surface area contributed by atoms with Crippen molar-refractivity contribution in [2.24, 2.45) is 0 Å². The minimum absolute atomic E-state index is 0.0579. The van der Waals surface area contributed by atoms with Crippen molar-refractivity contribution in [1.29, 1.82) is 0 Å². The third-order valence-corrected chi connectivity index (χ3v) is 2.76. The Bertz CT molecular complexity index is 565. The van der Waals surface area contributed by atoms with Gasteiger partial charge in [0.15, 0.2) is 0 Å². The third-order valence-electron chi connectivity index (χ3n) is 2.76. The molecular formula is C10H7N3O4. The Hall–Kier alpha value is -2.31. The van der Waals surface area contributed by atoms with Gasteiger partial charge in [0, 0.05) is 12.2 Å². The predicted octanol–water partition coefficient (Wildman–Crippen LogP) is -0.0668. The molecule has 0 atom stereocenters. The fraction of sp³-hybridized carbons (Fsp3) is 0.300. The van der Waals surface area contributed by atoms with Crippen molar-refractivity contribution in [3.8, 4) is 0 Å². The Morgan fingerprint density at radius 1 is 1.35 bits per heavy atom. The Kier molecular flexibility index (Phi) is 1.80. The zero-order valence-electron chi connectivity index (χ0n) is 8.58.